The van der Waals surface area contributed by atoms with E-state index >= 15 is 0 Å². The maximum Gasteiger partial charge on any atom is 0.279 e. The van der Waals surface area contributed by atoms with Gasteiger partial charge >= 0.3 is 0 Å². The lowest BCUT2D eigenvalue weighted by Gasteiger charge is -2.17. The Labute approximate surface area is 150 Å². The SMILES string of the molecule is Cc1cccc(O[C@H](C)C(=O)NNC(=O)c2cc(Cl)ccc2F)c1C. The molecule has 0 unspecified atom stereocenters. The van der Waals surface area contributed by atoms with Gasteiger partial charge in [-0.3, -0.25) is 20.4 Å². The summed E-state index contributed by atoms with van der Waals surface area (Å²) in [4.78, 5) is 24.0. The topological polar surface area (TPSA) is 67.4 Å². The third kappa shape index (κ3) is 4.70. The summed E-state index contributed by atoms with van der Waals surface area (Å²) in [5, 5.41) is 0.213. The summed E-state index contributed by atoms with van der Waals surface area (Å²) in [6.07, 6.45) is -0.856. The van der Waals surface area contributed by atoms with Gasteiger partial charge in [-0.2, -0.15) is 0 Å². The monoisotopic (exact) mass is 364 g/mol. The molecule has 0 fully saturated rings. The molecule has 5 nitrogen and oxygen atoms in total. The van der Waals surface area contributed by atoms with Crippen LogP contribution in [-0.2, 0) is 4.79 Å². The van der Waals surface area contributed by atoms with Crippen molar-refractivity contribution in [3.63, 3.8) is 0 Å². The third-order valence-corrected chi connectivity index (χ3v) is 3.94. The maximum atomic E-state index is 13.6. The number of carbonyl (C=O) groups excluding carboxylic acids is 2. The van der Waals surface area contributed by atoms with Gasteiger partial charge in [-0.1, -0.05) is 23.7 Å². The van der Waals surface area contributed by atoms with Crippen LogP contribution in [0.1, 0.15) is 28.4 Å². The summed E-state index contributed by atoms with van der Waals surface area (Å²) in [5.74, 6) is -1.55. The van der Waals surface area contributed by atoms with Crippen molar-refractivity contribution in [2.75, 3.05) is 0 Å². The Morgan fingerprint density at radius 1 is 1.16 bits per heavy atom. The molecule has 2 rings (SSSR count). The lowest BCUT2D eigenvalue weighted by atomic mass is 10.1. The van der Waals surface area contributed by atoms with Crippen molar-refractivity contribution >= 4 is 23.4 Å². The molecule has 0 aromatic heterocycles. The van der Waals surface area contributed by atoms with E-state index in [4.69, 9.17) is 16.3 Å². The minimum Gasteiger partial charge on any atom is -0.481 e. The lowest BCUT2D eigenvalue weighted by molar-refractivity contribution is -0.128. The zero-order valence-corrected chi connectivity index (χ0v) is 14.8. The number of benzene rings is 2. The van der Waals surface area contributed by atoms with E-state index in [0.29, 0.717) is 5.75 Å². The molecule has 0 aliphatic carbocycles. The van der Waals surface area contributed by atoms with E-state index in [0.717, 1.165) is 17.2 Å². The second kappa shape index (κ2) is 7.98. The second-order valence-electron chi connectivity index (χ2n) is 5.53. The van der Waals surface area contributed by atoms with E-state index in [9.17, 15) is 14.0 Å². The number of hydrogen-bond donors (Lipinski definition) is 2. The number of ether oxygens (including phenoxy) is 1. The lowest BCUT2D eigenvalue weighted by Crippen LogP contribution is -2.47. The van der Waals surface area contributed by atoms with Crippen LogP contribution in [0.4, 0.5) is 4.39 Å². The van der Waals surface area contributed by atoms with Gasteiger partial charge in [-0.15, -0.1) is 0 Å². The molecule has 1 atom stereocenters. The zero-order chi connectivity index (χ0) is 18.6. The van der Waals surface area contributed by atoms with Crippen LogP contribution < -0.4 is 15.6 Å². The number of amides is 2. The summed E-state index contributed by atoms with van der Waals surface area (Å²) in [6, 6.07) is 9.09. The number of carbonyl (C=O) groups is 2. The molecule has 132 valence electrons. The van der Waals surface area contributed by atoms with Gasteiger partial charge < -0.3 is 4.74 Å². The molecule has 0 aliphatic heterocycles. The first-order valence-electron chi connectivity index (χ1n) is 7.57. The highest BCUT2D eigenvalue weighted by Crippen LogP contribution is 2.21. The summed E-state index contributed by atoms with van der Waals surface area (Å²) in [6.45, 7) is 5.37. The molecule has 0 saturated carbocycles. The van der Waals surface area contributed by atoms with E-state index in [1.54, 1.807) is 13.0 Å². The standard InChI is InChI=1S/C18H18ClFN2O3/c1-10-5-4-6-16(11(10)2)25-12(3)17(23)21-22-18(24)14-9-13(19)7-8-15(14)20/h4-9,12H,1-3H3,(H,21,23)(H,22,24)/t12-/m1/s1. The fourth-order valence-corrected chi connectivity index (χ4v) is 2.23. The van der Waals surface area contributed by atoms with Crippen molar-refractivity contribution in [1.82, 2.24) is 10.9 Å². The van der Waals surface area contributed by atoms with Crippen molar-refractivity contribution in [3.8, 4) is 5.75 Å². The molecule has 2 amide bonds. The first kappa shape index (κ1) is 18.7. The first-order chi connectivity index (χ1) is 11.8. The molecule has 7 heteroatoms. The van der Waals surface area contributed by atoms with Gasteiger partial charge in [0.2, 0.25) is 0 Å². The molecule has 0 radical (unpaired) electrons. The Kier molecular flexibility index (Phi) is 5.98. The molecule has 2 aromatic carbocycles. The number of aryl methyl sites for hydroxylation is 1. The van der Waals surface area contributed by atoms with Gasteiger partial charge in [0.15, 0.2) is 6.10 Å². The first-order valence-corrected chi connectivity index (χ1v) is 7.95. The number of rotatable bonds is 4. The van der Waals surface area contributed by atoms with Crippen LogP contribution in [0.5, 0.6) is 5.75 Å². The number of hydrogen-bond acceptors (Lipinski definition) is 3. The van der Waals surface area contributed by atoms with Gasteiger partial charge in [0.25, 0.3) is 11.8 Å². The molecule has 2 aromatic rings. The van der Waals surface area contributed by atoms with Crippen molar-refractivity contribution in [2.24, 2.45) is 0 Å². The van der Waals surface area contributed by atoms with Crippen LogP contribution in [0.25, 0.3) is 0 Å². The number of halogens is 2. The highest BCUT2D eigenvalue weighted by molar-refractivity contribution is 6.31. The minimum atomic E-state index is -0.856. The van der Waals surface area contributed by atoms with Gasteiger partial charge in [0, 0.05) is 5.02 Å². The average Bonchev–Trinajstić information content (AvgIpc) is 2.58. The minimum absolute atomic E-state index is 0.213. The van der Waals surface area contributed by atoms with E-state index in [-0.39, 0.29) is 10.6 Å². The van der Waals surface area contributed by atoms with Gasteiger partial charge in [0.1, 0.15) is 11.6 Å². The smallest absolute Gasteiger partial charge is 0.279 e. The predicted octanol–water partition coefficient (Wildman–Crippen LogP) is 3.32. The van der Waals surface area contributed by atoms with E-state index in [1.807, 2.05) is 26.0 Å². The third-order valence-electron chi connectivity index (χ3n) is 3.70. The predicted molar refractivity (Wildman–Crippen MR) is 93.0 cm³/mol. The Morgan fingerprint density at radius 3 is 2.60 bits per heavy atom. The maximum absolute atomic E-state index is 13.6. The summed E-state index contributed by atoms with van der Waals surface area (Å²) < 4.78 is 19.2. The Balaban J connectivity index is 1.96. The fraction of sp³-hybridized carbons (Fsp3) is 0.222. The molecule has 0 heterocycles. The second-order valence-corrected chi connectivity index (χ2v) is 5.96. The van der Waals surface area contributed by atoms with Gasteiger partial charge in [0.05, 0.1) is 5.56 Å². The van der Waals surface area contributed by atoms with Crippen molar-refractivity contribution in [1.29, 1.82) is 0 Å². The molecule has 0 saturated heterocycles. The molecule has 0 aliphatic rings. The molecule has 25 heavy (non-hydrogen) atoms. The largest absolute Gasteiger partial charge is 0.481 e. The number of hydrazine groups is 1. The molecular weight excluding hydrogens is 347 g/mol. The van der Waals surface area contributed by atoms with E-state index in [1.165, 1.54) is 12.1 Å². The van der Waals surface area contributed by atoms with Crippen LogP contribution in [0, 0.1) is 19.7 Å². The van der Waals surface area contributed by atoms with E-state index < -0.39 is 23.7 Å². The zero-order valence-electron chi connectivity index (χ0n) is 14.0. The Bertz CT molecular complexity index is 811. The Hall–Kier alpha value is -2.60. The van der Waals surface area contributed by atoms with Crippen molar-refractivity contribution in [3.05, 3.63) is 63.9 Å². The van der Waals surface area contributed by atoms with Crippen LogP contribution >= 0.6 is 11.6 Å². The molecule has 0 spiro atoms. The van der Waals surface area contributed by atoms with Gasteiger partial charge in [-0.25, -0.2) is 4.39 Å². The summed E-state index contributed by atoms with van der Waals surface area (Å²) in [5.41, 5.74) is 6.04. The van der Waals surface area contributed by atoms with Crippen LogP contribution in [0.2, 0.25) is 5.02 Å². The van der Waals surface area contributed by atoms with Crippen LogP contribution in [0.15, 0.2) is 36.4 Å². The summed E-state index contributed by atoms with van der Waals surface area (Å²) >= 11 is 5.74. The molecule has 0 bridgehead atoms. The molecule has 2 N–H and O–H groups in total. The average molecular weight is 365 g/mol. The fourth-order valence-electron chi connectivity index (χ4n) is 2.05. The normalized spacial score (nSPS) is 11.6. The highest BCUT2D eigenvalue weighted by Gasteiger charge is 2.18. The van der Waals surface area contributed by atoms with Crippen LogP contribution in [0.3, 0.4) is 0 Å². The van der Waals surface area contributed by atoms with E-state index in [2.05, 4.69) is 10.9 Å². The highest BCUT2D eigenvalue weighted by atomic mass is 35.5. The van der Waals surface area contributed by atoms with Crippen molar-refractivity contribution in [2.45, 2.75) is 26.9 Å². The van der Waals surface area contributed by atoms with Gasteiger partial charge in [-0.05, 0) is 56.2 Å². The van der Waals surface area contributed by atoms with Crippen LogP contribution in [-0.4, -0.2) is 17.9 Å². The summed E-state index contributed by atoms with van der Waals surface area (Å²) in [7, 11) is 0. The Morgan fingerprint density at radius 2 is 1.88 bits per heavy atom. The quantitative estimate of drug-likeness (QED) is 0.818. The van der Waals surface area contributed by atoms with Crippen molar-refractivity contribution < 1.29 is 18.7 Å². The molecular formula is C18H18ClFN2O3. The number of nitrogens with one attached hydrogen (secondary N) is 2.